The Morgan fingerprint density at radius 3 is 2.87 bits per heavy atom. The molecule has 126 valence electrons. The van der Waals surface area contributed by atoms with Crippen molar-refractivity contribution < 1.29 is 18.7 Å². The van der Waals surface area contributed by atoms with E-state index in [1.165, 1.54) is 18.6 Å². The number of esters is 1. The van der Waals surface area contributed by atoms with Gasteiger partial charge in [-0.25, -0.2) is 4.79 Å². The molecule has 1 saturated carbocycles. The number of rotatable bonds is 5. The van der Waals surface area contributed by atoms with Gasteiger partial charge in [-0.15, -0.1) is 0 Å². The van der Waals surface area contributed by atoms with E-state index >= 15 is 0 Å². The fourth-order valence-electron chi connectivity index (χ4n) is 2.79. The molecule has 0 spiro atoms. The van der Waals surface area contributed by atoms with E-state index in [0.29, 0.717) is 22.3 Å². The number of hydrogen-bond acceptors (Lipinski definition) is 4. The van der Waals surface area contributed by atoms with Crippen LogP contribution in [0.2, 0.25) is 0 Å². The van der Waals surface area contributed by atoms with Crippen LogP contribution < -0.4 is 5.32 Å². The van der Waals surface area contributed by atoms with Gasteiger partial charge in [-0.2, -0.15) is 0 Å². The fraction of sp³-hybridized carbons (Fsp3) is 0.529. The molecule has 0 aliphatic heterocycles. The van der Waals surface area contributed by atoms with Crippen LogP contribution in [0.3, 0.4) is 0 Å². The Morgan fingerprint density at radius 2 is 2.17 bits per heavy atom. The van der Waals surface area contributed by atoms with Crippen LogP contribution >= 0.6 is 15.9 Å². The van der Waals surface area contributed by atoms with Gasteiger partial charge in [-0.1, -0.05) is 26.7 Å². The first kappa shape index (κ1) is 17.8. The average Bonchev–Trinajstić information content (AvgIpc) is 2.93. The predicted octanol–water partition coefficient (Wildman–Crippen LogP) is 3.54. The van der Waals surface area contributed by atoms with Crippen LogP contribution in [0.5, 0.6) is 0 Å². The highest BCUT2D eigenvalue weighted by Gasteiger charge is 2.28. The molecule has 2 rings (SSSR count). The molecule has 0 radical (unpaired) electrons. The van der Waals surface area contributed by atoms with Crippen molar-refractivity contribution in [2.75, 3.05) is 6.61 Å². The number of halogens is 1. The summed E-state index contributed by atoms with van der Waals surface area (Å²) < 4.78 is 10.8. The topological polar surface area (TPSA) is 68.5 Å². The zero-order chi connectivity index (χ0) is 16.8. The summed E-state index contributed by atoms with van der Waals surface area (Å²) in [4.78, 5) is 23.5. The van der Waals surface area contributed by atoms with Crippen LogP contribution in [0, 0.1) is 11.8 Å². The van der Waals surface area contributed by atoms with Crippen LogP contribution in [0.1, 0.15) is 38.9 Å². The summed E-state index contributed by atoms with van der Waals surface area (Å²) in [6.07, 6.45) is 6.05. The van der Waals surface area contributed by atoms with Crippen molar-refractivity contribution in [1.29, 1.82) is 0 Å². The van der Waals surface area contributed by atoms with Crippen LogP contribution in [0.15, 0.2) is 27.3 Å². The van der Waals surface area contributed by atoms with Gasteiger partial charge in [-0.05, 0) is 52.4 Å². The van der Waals surface area contributed by atoms with Crippen molar-refractivity contribution in [2.45, 2.75) is 39.2 Å². The number of amides is 1. The molecule has 1 aromatic heterocycles. The summed E-state index contributed by atoms with van der Waals surface area (Å²) in [5, 5.41) is 2.97. The quantitative estimate of drug-likeness (QED) is 0.623. The second-order valence-corrected chi connectivity index (χ2v) is 6.81. The Labute approximate surface area is 144 Å². The second kappa shape index (κ2) is 8.34. The molecule has 0 saturated heterocycles. The van der Waals surface area contributed by atoms with Crippen molar-refractivity contribution in [3.63, 3.8) is 0 Å². The number of carbonyl (C=O) groups excluding carboxylic acids is 2. The number of carbonyl (C=O) groups is 2. The molecule has 5 nitrogen and oxygen atoms in total. The molecule has 1 aromatic rings. The SMILES string of the molecule is C[C@@H]1[C@@H](C)CCC[C@H]1NC(=O)COC(=O)/C=C/c1ccc(Br)o1. The first-order valence-corrected chi connectivity index (χ1v) is 8.64. The Bertz CT molecular complexity index is 581. The van der Waals surface area contributed by atoms with Gasteiger partial charge in [0.05, 0.1) is 0 Å². The Hall–Kier alpha value is -1.56. The highest BCUT2D eigenvalue weighted by atomic mass is 79.9. The minimum absolute atomic E-state index is 0.168. The van der Waals surface area contributed by atoms with Gasteiger partial charge >= 0.3 is 5.97 Å². The van der Waals surface area contributed by atoms with E-state index in [1.54, 1.807) is 12.1 Å². The Kier molecular flexibility index (Phi) is 6.45. The maximum absolute atomic E-state index is 11.9. The van der Waals surface area contributed by atoms with Crippen molar-refractivity contribution in [3.05, 3.63) is 28.6 Å². The monoisotopic (exact) mass is 383 g/mol. The van der Waals surface area contributed by atoms with E-state index in [-0.39, 0.29) is 18.6 Å². The molecule has 0 bridgehead atoms. The van der Waals surface area contributed by atoms with Crippen LogP contribution in [0.25, 0.3) is 6.08 Å². The van der Waals surface area contributed by atoms with E-state index in [0.717, 1.165) is 12.8 Å². The highest BCUT2D eigenvalue weighted by molar-refractivity contribution is 9.10. The molecule has 1 aliphatic carbocycles. The van der Waals surface area contributed by atoms with Crippen LogP contribution in [-0.4, -0.2) is 24.5 Å². The number of nitrogens with one attached hydrogen (secondary N) is 1. The fourth-order valence-corrected chi connectivity index (χ4v) is 3.11. The molecule has 0 aromatic carbocycles. The van der Waals surface area contributed by atoms with Crippen molar-refractivity contribution in [3.8, 4) is 0 Å². The first-order valence-electron chi connectivity index (χ1n) is 7.85. The lowest BCUT2D eigenvalue weighted by Crippen LogP contribution is -2.45. The molecule has 1 heterocycles. The van der Waals surface area contributed by atoms with Crippen molar-refractivity contribution >= 4 is 33.9 Å². The Balaban J connectivity index is 1.73. The number of hydrogen-bond donors (Lipinski definition) is 1. The van der Waals surface area contributed by atoms with Gasteiger partial charge in [0, 0.05) is 12.1 Å². The third-order valence-electron chi connectivity index (χ3n) is 4.38. The smallest absolute Gasteiger partial charge is 0.331 e. The van der Waals surface area contributed by atoms with Gasteiger partial charge in [0.15, 0.2) is 11.3 Å². The van der Waals surface area contributed by atoms with E-state index in [2.05, 4.69) is 35.1 Å². The zero-order valence-electron chi connectivity index (χ0n) is 13.4. The minimum atomic E-state index is -0.572. The van der Waals surface area contributed by atoms with E-state index in [1.807, 2.05) is 0 Å². The standard InChI is InChI=1S/C17H22BrNO4/c1-11-4-3-5-14(12(11)2)19-16(20)10-22-17(21)9-7-13-6-8-15(18)23-13/h6-9,11-12,14H,3-5,10H2,1-2H3,(H,19,20)/b9-7+/t11-,12+,14+/m0/s1. The molecule has 23 heavy (non-hydrogen) atoms. The van der Waals surface area contributed by atoms with Gasteiger partial charge in [0.1, 0.15) is 5.76 Å². The van der Waals surface area contributed by atoms with E-state index in [4.69, 9.17) is 9.15 Å². The largest absolute Gasteiger partial charge is 0.452 e. The van der Waals surface area contributed by atoms with Gasteiger partial charge in [0.25, 0.3) is 5.91 Å². The molecular formula is C17H22BrNO4. The summed E-state index contributed by atoms with van der Waals surface area (Å²) in [6.45, 7) is 4.11. The molecule has 1 fully saturated rings. The van der Waals surface area contributed by atoms with Crippen LogP contribution in [0.4, 0.5) is 0 Å². The van der Waals surface area contributed by atoms with Crippen LogP contribution in [-0.2, 0) is 14.3 Å². The normalized spacial score (nSPS) is 24.6. The molecule has 3 atom stereocenters. The molecule has 1 aliphatic rings. The summed E-state index contributed by atoms with van der Waals surface area (Å²) in [5.41, 5.74) is 0. The van der Waals surface area contributed by atoms with Gasteiger partial charge < -0.3 is 14.5 Å². The number of furan rings is 1. The van der Waals surface area contributed by atoms with Gasteiger partial charge in [-0.3, -0.25) is 4.79 Å². The second-order valence-electron chi connectivity index (χ2n) is 6.02. The van der Waals surface area contributed by atoms with Crippen molar-refractivity contribution in [1.82, 2.24) is 5.32 Å². The lowest BCUT2D eigenvalue weighted by Gasteiger charge is -2.34. The van der Waals surface area contributed by atoms with E-state index in [9.17, 15) is 9.59 Å². The van der Waals surface area contributed by atoms with E-state index < -0.39 is 5.97 Å². The zero-order valence-corrected chi connectivity index (χ0v) is 15.0. The Morgan fingerprint density at radius 1 is 1.39 bits per heavy atom. The molecule has 1 amide bonds. The highest BCUT2D eigenvalue weighted by Crippen LogP contribution is 2.29. The molecule has 1 N–H and O–H groups in total. The summed E-state index contributed by atoms with van der Waals surface area (Å²) in [5.74, 6) is 0.757. The molecular weight excluding hydrogens is 362 g/mol. The summed E-state index contributed by atoms with van der Waals surface area (Å²) >= 11 is 3.18. The number of ether oxygens (including phenoxy) is 1. The minimum Gasteiger partial charge on any atom is -0.452 e. The predicted molar refractivity (Wildman–Crippen MR) is 90.5 cm³/mol. The lowest BCUT2D eigenvalue weighted by atomic mass is 9.78. The molecule has 0 unspecified atom stereocenters. The lowest BCUT2D eigenvalue weighted by molar-refractivity contribution is -0.144. The third kappa shape index (κ3) is 5.53. The molecule has 6 heteroatoms. The average molecular weight is 384 g/mol. The van der Waals surface area contributed by atoms with Gasteiger partial charge in [0.2, 0.25) is 0 Å². The maximum atomic E-state index is 11.9. The maximum Gasteiger partial charge on any atom is 0.331 e. The van der Waals surface area contributed by atoms with Crippen molar-refractivity contribution in [2.24, 2.45) is 11.8 Å². The first-order chi connectivity index (χ1) is 11.0. The summed E-state index contributed by atoms with van der Waals surface area (Å²) in [7, 11) is 0. The third-order valence-corrected chi connectivity index (χ3v) is 4.80. The summed E-state index contributed by atoms with van der Waals surface area (Å²) in [6, 6.07) is 3.61.